The van der Waals surface area contributed by atoms with Crippen LogP contribution in [-0.2, 0) is 6.54 Å². The van der Waals surface area contributed by atoms with Gasteiger partial charge in [-0.1, -0.05) is 23.7 Å². The normalized spacial score (nSPS) is 11.4. The fraction of sp³-hybridized carbons (Fsp3) is 0.174. The molecule has 0 radical (unpaired) electrons. The fourth-order valence-corrected chi connectivity index (χ4v) is 4.13. The number of halogens is 4. The number of pyridine rings is 1. The van der Waals surface area contributed by atoms with Gasteiger partial charge in [0.15, 0.2) is 11.6 Å². The van der Waals surface area contributed by atoms with Gasteiger partial charge in [0.25, 0.3) is 0 Å². The average Bonchev–Trinajstić information content (AvgIpc) is 2.77. The van der Waals surface area contributed by atoms with Gasteiger partial charge in [-0.05, 0) is 40.3 Å². The lowest BCUT2D eigenvalue weighted by atomic mass is 10.0. The Morgan fingerprint density at radius 3 is 2.44 bits per heavy atom. The molecule has 0 bridgehead atoms. The van der Waals surface area contributed by atoms with Gasteiger partial charge in [-0.25, -0.2) is 23.1 Å². The Hall–Kier alpha value is -2.76. The number of aryl methyl sites for hydroxylation is 1. The van der Waals surface area contributed by atoms with Crippen molar-refractivity contribution in [2.45, 2.75) is 13.5 Å². The molecule has 2 aromatic heterocycles. The zero-order valence-electron chi connectivity index (χ0n) is 17.5. The maximum Gasteiger partial charge on any atom is 0.163 e. The monoisotopic (exact) mass is 474 g/mol. The third-order valence-corrected chi connectivity index (χ3v) is 6.51. The van der Waals surface area contributed by atoms with Crippen LogP contribution < -0.4 is 10.9 Å². The highest BCUT2D eigenvalue weighted by molar-refractivity contribution is 7.63. The summed E-state index contributed by atoms with van der Waals surface area (Å²) < 4.78 is 42.6. The molecule has 0 aliphatic rings. The molecule has 0 unspecified atom stereocenters. The van der Waals surface area contributed by atoms with Crippen LogP contribution in [0.5, 0.6) is 0 Å². The number of benzene rings is 2. The lowest BCUT2D eigenvalue weighted by Gasteiger charge is -2.15. The van der Waals surface area contributed by atoms with E-state index in [0.717, 1.165) is 11.6 Å². The molecule has 4 nitrogen and oxygen atoms in total. The number of nitrogens with zero attached hydrogens (tertiary/aromatic N) is 3. The highest BCUT2D eigenvalue weighted by Gasteiger charge is 2.17. The van der Waals surface area contributed by atoms with Crippen LogP contribution >= 0.6 is 19.5 Å². The molecule has 1 N–H and O–H groups in total. The van der Waals surface area contributed by atoms with Crippen LogP contribution in [0.4, 0.5) is 18.9 Å². The Labute approximate surface area is 189 Å². The molecule has 0 aliphatic heterocycles. The van der Waals surface area contributed by atoms with Crippen molar-refractivity contribution in [3.8, 4) is 11.1 Å². The molecule has 0 spiro atoms. The van der Waals surface area contributed by atoms with Crippen LogP contribution in [0.15, 0.2) is 42.7 Å². The largest absolute Gasteiger partial charge is 0.379 e. The van der Waals surface area contributed by atoms with Gasteiger partial charge in [-0.3, -0.25) is 4.98 Å². The van der Waals surface area contributed by atoms with Gasteiger partial charge >= 0.3 is 0 Å². The van der Waals surface area contributed by atoms with Crippen molar-refractivity contribution in [2.75, 3.05) is 18.6 Å². The van der Waals surface area contributed by atoms with E-state index in [2.05, 4.69) is 20.3 Å². The number of rotatable bonds is 5. The van der Waals surface area contributed by atoms with E-state index in [4.69, 9.17) is 11.6 Å². The Kier molecular flexibility index (Phi) is 6.31. The molecule has 0 saturated carbocycles. The van der Waals surface area contributed by atoms with E-state index in [1.54, 1.807) is 25.4 Å². The number of hydrogen-bond donors (Lipinski definition) is 1. The summed E-state index contributed by atoms with van der Waals surface area (Å²) in [5.74, 6) is -2.33. The molecule has 0 atom stereocenters. The second kappa shape index (κ2) is 9.00. The quantitative estimate of drug-likeness (QED) is 0.358. The topological polar surface area (TPSA) is 50.7 Å². The van der Waals surface area contributed by atoms with Crippen LogP contribution in [0, 0.1) is 24.4 Å². The van der Waals surface area contributed by atoms with Gasteiger partial charge < -0.3 is 5.32 Å². The lowest BCUT2D eigenvalue weighted by Crippen LogP contribution is -2.09. The van der Waals surface area contributed by atoms with Crippen LogP contribution in [0.25, 0.3) is 22.0 Å². The van der Waals surface area contributed by atoms with E-state index in [1.165, 1.54) is 18.2 Å². The van der Waals surface area contributed by atoms with Gasteiger partial charge in [0.1, 0.15) is 11.4 Å². The summed E-state index contributed by atoms with van der Waals surface area (Å²) in [5, 5.41) is 3.94. The minimum Gasteiger partial charge on any atom is -0.379 e. The van der Waals surface area contributed by atoms with Gasteiger partial charge in [0.2, 0.25) is 0 Å². The summed E-state index contributed by atoms with van der Waals surface area (Å²) >= 11 is 6.49. The Bertz CT molecular complexity index is 1310. The second-order valence-corrected chi connectivity index (χ2v) is 10.0. The first kappa shape index (κ1) is 22.4. The number of nitrogens with one attached hydrogen (secondary N) is 1. The zero-order chi connectivity index (χ0) is 23.0. The molecule has 0 fully saturated rings. The summed E-state index contributed by atoms with van der Waals surface area (Å²) in [6.45, 7) is 5.76. The third kappa shape index (κ3) is 4.27. The predicted octanol–water partition coefficient (Wildman–Crippen LogP) is 6.05. The number of fused-ring (bicyclic) bond motifs is 1. The summed E-state index contributed by atoms with van der Waals surface area (Å²) in [4.78, 5) is 13.1. The van der Waals surface area contributed by atoms with Crippen LogP contribution in [0.1, 0.15) is 11.3 Å². The molecule has 0 amide bonds. The van der Waals surface area contributed by atoms with Crippen molar-refractivity contribution in [1.29, 1.82) is 0 Å². The van der Waals surface area contributed by atoms with E-state index in [0.29, 0.717) is 38.4 Å². The first-order valence-electron chi connectivity index (χ1n) is 9.72. The molecule has 0 saturated heterocycles. The maximum atomic E-state index is 14.9. The minimum atomic E-state index is -0.929. The SMILES string of the molecule is Cc1nc2cc(F)c(-c3cnc(P(C)C)nc3)cc2c(NCc2cccc(F)c2F)c1Cl. The first-order valence-corrected chi connectivity index (χ1v) is 12.3. The van der Waals surface area contributed by atoms with E-state index in [1.807, 2.05) is 13.3 Å². The minimum absolute atomic E-state index is 0.0110. The second-order valence-electron chi connectivity index (χ2n) is 7.47. The van der Waals surface area contributed by atoms with Crippen molar-refractivity contribution >= 4 is 41.7 Å². The highest BCUT2D eigenvalue weighted by atomic mass is 35.5. The van der Waals surface area contributed by atoms with E-state index < -0.39 is 25.4 Å². The first-order chi connectivity index (χ1) is 15.3. The molecule has 2 aromatic carbocycles. The molecule has 164 valence electrons. The maximum absolute atomic E-state index is 14.9. The van der Waals surface area contributed by atoms with Crippen molar-refractivity contribution in [2.24, 2.45) is 0 Å². The van der Waals surface area contributed by atoms with Gasteiger partial charge in [-0.15, -0.1) is 0 Å². The van der Waals surface area contributed by atoms with Gasteiger partial charge in [0, 0.05) is 47.1 Å². The summed E-state index contributed by atoms with van der Waals surface area (Å²) in [6, 6.07) is 6.91. The standard InChI is InChI=1S/C23H19ClF3N4P/c1-12-20(24)22(28-9-13-5-4-6-17(25)21(13)27)16-7-15(18(26)8-19(16)31-12)14-10-29-23(30-11-14)32(2)3/h4-8,10-11H,9H2,1-3H3,(H,28,31). The highest BCUT2D eigenvalue weighted by Crippen LogP contribution is 2.36. The summed E-state index contributed by atoms with van der Waals surface area (Å²) in [6.07, 6.45) is 3.18. The Morgan fingerprint density at radius 2 is 1.75 bits per heavy atom. The molecule has 9 heteroatoms. The summed E-state index contributed by atoms with van der Waals surface area (Å²) in [7, 11) is -0.469. The Balaban J connectivity index is 1.80. The smallest absolute Gasteiger partial charge is 0.163 e. The molecule has 4 rings (SSSR count). The third-order valence-electron chi connectivity index (χ3n) is 5.02. The van der Waals surface area contributed by atoms with Gasteiger partial charge in [0.05, 0.1) is 21.9 Å². The molecule has 2 heterocycles. The van der Waals surface area contributed by atoms with Crippen molar-refractivity contribution in [3.63, 3.8) is 0 Å². The Morgan fingerprint density at radius 1 is 1.03 bits per heavy atom. The number of aromatic nitrogens is 3. The summed E-state index contributed by atoms with van der Waals surface area (Å²) in [5.41, 5.74) is 3.02. The van der Waals surface area contributed by atoms with Crippen LogP contribution in [0.2, 0.25) is 5.02 Å². The molecule has 0 aliphatic carbocycles. The molecular formula is C23H19ClF3N4P. The van der Waals surface area contributed by atoms with Crippen LogP contribution in [0.3, 0.4) is 0 Å². The predicted molar refractivity (Wildman–Crippen MR) is 125 cm³/mol. The number of hydrogen-bond acceptors (Lipinski definition) is 4. The van der Waals surface area contributed by atoms with E-state index in [-0.39, 0.29) is 12.1 Å². The van der Waals surface area contributed by atoms with E-state index >= 15 is 0 Å². The van der Waals surface area contributed by atoms with Crippen molar-refractivity contribution in [1.82, 2.24) is 15.0 Å². The number of anilines is 1. The zero-order valence-corrected chi connectivity index (χ0v) is 19.2. The molecule has 4 aromatic rings. The molecule has 32 heavy (non-hydrogen) atoms. The average molecular weight is 475 g/mol. The van der Waals surface area contributed by atoms with Crippen molar-refractivity contribution < 1.29 is 13.2 Å². The fourth-order valence-electron chi connectivity index (χ4n) is 3.34. The van der Waals surface area contributed by atoms with Crippen LogP contribution in [-0.4, -0.2) is 28.3 Å². The lowest BCUT2D eigenvalue weighted by molar-refractivity contribution is 0.500. The van der Waals surface area contributed by atoms with E-state index in [9.17, 15) is 13.2 Å². The molecular weight excluding hydrogens is 456 g/mol. The van der Waals surface area contributed by atoms with Crippen molar-refractivity contribution in [3.05, 3.63) is 76.5 Å². The van der Waals surface area contributed by atoms with Gasteiger partial charge in [-0.2, -0.15) is 0 Å².